The molecular weight excluding hydrogens is 330 g/mol. The monoisotopic (exact) mass is 347 g/mol. The van der Waals surface area contributed by atoms with Crippen molar-refractivity contribution in [2.45, 2.75) is 6.61 Å². The lowest BCUT2D eigenvalue weighted by molar-refractivity contribution is 0.0992. The van der Waals surface area contributed by atoms with Crippen molar-refractivity contribution in [3.8, 4) is 5.75 Å². The minimum absolute atomic E-state index is 0.215. The van der Waals surface area contributed by atoms with Gasteiger partial charge in [-0.2, -0.15) is 5.10 Å². The van der Waals surface area contributed by atoms with Gasteiger partial charge in [-0.3, -0.25) is 9.48 Å². The van der Waals surface area contributed by atoms with Crippen LogP contribution in [0, 0.1) is 0 Å². The summed E-state index contributed by atoms with van der Waals surface area (Å²) in [7, 11) is 1.78. The molecule has 0 saturated heterocycles. The third-order valence-electron chi connectivity index (χ3n) is 3.96. The average molecular weight is 347 g/mol. The number of benzene rings is 2. The molecule has 26 heavy (non-hydrogen) atoms. The summed E-state index contributed by atoms with van der Waals surface area (Å²) >= 11 is 0. The minimum atomic E-state index is -0.347. The molecule has 2 aromatic heterocycles. The fourth-order valence-electron chi connectivity index (χ4n) is 2.71. The number of hydrogen-bond donors (Lipinski definition) is 1. The van der Waals surface area contributed by atoms with E-state index in [1.54, 1.807) is 36.1 Å². The number of hydrogen-bond acceptors (Lipinski definition) is 4. The molecule has 0 aliphatic carbocycles. The van der Waals surface area contributed by atoms with Gasteiger partial charge in [0.15, 0.2) is 11.6 Å². The number of aryl methyl sites for hydroxylation is 1. The fourth-order valence-corrected chi connectivity index (χ4v) is 2.71. The van der Waals surface area contributed by atoms with Gasteiger partial charge < -0.3 is 14.5 Å². The van der Waals surface area contributed by atoms with Crippen molar-refractivity contribution in [3.63, 3.8) is 0 Å². The lowest BCUT2D eigenvalue weighted by Gasteiger charge is -2.07. The van der Waals surface area contributed by atoms with Crippen LogP contribution in [0.4, 0.5) is 5.82 Å². The van der Waals surface area contributed by atoms with E-state index in [9.17, 15) is 4.79 Å². The summed E-state index contributed by atoms with van der Waals surface area (Å²) in [6.07, 6.45) is 1.75. The van der Waals surface area contributed by atoms with Crippen molar-refractivity contribution in [2.24, 2.45) is 7.05 Å². The molecule has 130 valence electrons. The lowest BCUT2D eigenvalue weighted by atomic mass is 10.1. The zero-order chi connectivity index (χ0) is 17.9. The number of nitrogens with one attached hydrogen (secondary N) is 1. The number of ether oxygens (including phenoxy) is 1. The van der Waals surface area contributed by atoms with E-state index < -0.39 is 0 Å². The Bertz CT molecular complexity index is 1060. The Morgan fingerprint density at radius 1 is 1.12 bits per heavy atom. The van der Waals surface area contributed by atoms with Gasteiger partial charge in [-0.05, 0) is 23.6 Å². The highest BCUT2D eigenvalue weighted by Gasteiger charge is 2.13. The number of fused-ring (bicyclic) bond motifs is 1. The number of anilines is 1. The first-order valence-electron chi connectivity index (χ1n) is 8.19. The molecular formula is C20H17N3O3. The van der Waals surface area contributed by atoms with Crippen molar-refractivity contribution >= 4 is 22.5 Å². The second kappa shape index (κ2) is 6.76. The highest BCUT2D eigenvalue weighted by molar-refractivity contribution is 6.01. The summed E-state index contributed by atoms with van der Waals surface area (Å²) in [5.41, 5.74) is 0. The van der Waals surface area contributed by atoms with Crippen molar-refractivity contribution in [2.75, 3.05) is 5.32 Å². The molecule has 0 aliphatic heterocycles. The van der Waals surface area contributed by atoms with Gasteiger partial charge in [-0.15, -0.1) is 0 Å². The Morgan fingerprint density at radius 2 is 1.96 bits per heavy atom. The molecule has 1 N–H and O–H groups in total. The number of carbonyl (C=O) groups excluding carboxylic acids is 1. The molecule has 1 amide bonds. The van der Waals surface area contributed by atoms with E-state index >= 15 is 0 Å². The van der Waals surface area contributed by atoms with Crippen LogP contribution in [0.2, 0.25) is 0 Å². The number of furan rings is 1. The maximum absolute atomic E-state index is 12.2. The predicted octanol–water partition coefficient (Wildman–Crippen LogP) is 4.00. The van der Waals surface area contributed by atoms with Crippen LogP contribution in [-0.4, -0.2) is 15.7 Å². The van der Waals surface area contributed by atoms with Crippen molar-refractivity contribution in [3.05, 3.63) is 78.4 Å². The van der Waals surface area contributed by atoms with Crippen LogP contribution in [0.25, 0.3) is 10.8 Å². The topological polar surface area (TPSA) is 69.3 Å². The Labute approximate surface area is 150 Å². The van der Waals surface area contributed by atoms with E-state index in [1.807, 2.05) is 42.5 Å². The Balaban J connectivity index is 1.44. The van der Waals surface area contributed by atoms with Crippen LogP contribution >= 0.6 is 0 Å². The van der Waals surface area contributed by atoms with Crippen molar-refractivity contribution in [1.82, 2.24) is 9.78 Å². The zero-order valence-corrected chi connectivity index (χ0v) is 14.2. The predicted molar refractivity (Wildman–Crippen MR) is 98.1 cm³/mol. The van der Waals surface area contributed by atoms with Gasteiger partial charge in [0.1, 0.15) is 18.1 Å². The van der Waals surface area contributed by atoms with E-state index in [4.69, 9.17) is 9.15 Å². The maximum atomic E-state index is 12.2. The molecule has 6 nitrogen and oxygen atoms in total. The van der Waals surface area contributed by atoms with Crippen LogP contribution in [0.1, 0.15) is 16.3 Å². The molecule has 2 aromatic carbocycles. The quantitative estimate of drug-likeness (QED) is 0.592. The highest BCUT2D eigenvalue weighted by atomic mass is 16.5. The number of carbonyl (C=O) groups is 1. The largest absolute Gasteiger partial charge is 0.485 e. The Kier molecular flexibility index (Phi) is 4.15. The van der Waals surface area contributed by atoms with E-state index in [2.05, 4.69) is 10.4 Å². The van der Waals surface area contributed by atoms with Crippen LogP contribution in [0.15, 0.2) is 71.3 Å². The fraction of sp³-hybridized carbons (Fsp3) is 0.100. The number of amides is 1. The summed E-state index contributed by atoms with van der Waals surface area (Å²) < 4.78 is 13.1. The number of nitrogens with zero attached hydrogens (tertiary/aromatic N) is 2. The van der Waals surface area contributed by atoms with E-state index in [1.165, 1.54) is 0 Å². The van der Waals surface area contributed by atoms with Crippen molar-refractivity contribution < 1.29 is 13.9 Å². The highest BCUT2D eigenvalue weighted by Crippen LogP contribution is 2.26. The van der Waals surface area contributed by atoms with Crippen LogP contribution < -0.4 is 10.1 Å². The summed E-state index contributed by atoms with van der Waals surface area (Å²) in [4.78, 5) is 12.2. The normalized spacial score (nSPS) is 10.8. The first-order valence-corrected chi connectivity index (χ1v) is 8.19. The first-order chi connectivity index (χ1) is 12.7. The van der Waals surface area contributed by atoms with Gasteiger partial charge in [0.05, 0.1) is 0 Å². The van der Waals surface area contributed by atoms with Crippen LogP contribution in [0.3, 0.4) is 0 Å². The average Bonchev–Trinajstić information content (AvgIpc) is 3.29. The van der Waals surface area contributed by atoms with Gasteiger partial charge in [-0.1, -0.05) is 36.4 Å². The molecule has 2 heterocycles. The van der Waals surface area contributed by atoms with E-state index in [0.29, 0.717) is 11.6 Å². The minimum Gasteiger partial charge on any atom is -0.485 e. The van der Waals surface area contributed by atoms with Crippen LogP contribution in [-0.2, 0) is 13.7 Å². The third-order valence-corrected chi connectivity index (χ3v) is 3.96. The Hall–Kier alpha value is -3.54. The molecule has 0 saturated carbocycles. The van der Waals surface area contributed by atoms with Crippen LogP contribution in [0.5, 0.6) is 5.75 Å². The lowest BCUT2D eigenvalue weighted by Crippen LogP contribution is -2.11. The van der Waals surface area contributed by atoms with Gasteiger partial charge in [0.25, 0.3) is 5.91 Å². The number of rotatable bonds is 5. The smallest absolute Gasteiger partial charge is 0.292 e. The first kappa shape index (κ1) is 16.0. The molecule has 0 fully saturated rings. The second-order valence-electron chi connectivity index (χ2n) is 5.86. The molecule has 0 bridgehead atoms. The standard InChI is InChI=1S/C20H17N3O3/c1-23-12-11-19(22-23)21-20(24)18-10-9-15(26-18)13-25-17-8-4-6-14-5-2-3-7-16(14)17/h2-12H,13H2,1H3,(H,21,22,24). The number of aromatic nitrogens is 2. The van der Waals surface area contributed by atoms with Gasteiger partial charge >= 0.3 is 0 Å². The summed E-state index contributed by atoms with van der Waals surface area (Å²) in [6.45, 7) is 0.241. The second-order valence-corrected chi connectivity index (χ2v) is 5.86. The van der Waals surface area contributed by atoms with Gasteiger partial charge in [-0.25, -0.2) is 0 Å². The molecule has 0 aliphatic rings. The summed E-state index contributed by atoms with van der Waals surface area (Å²) in [5, 5.41) is 8.94. The van der Waals surface area contributed by atoms with E-state index in [-0.39, 0.29) is 18.3 Å². The van der Waals surface area contributed by atoms with Crippen molar-refractivity contribution in [1.29, 1.82) is 0 Å². The maximum Gasteiger partial charge on any atom is 0.292 e. The molecule has 6 heteroatoms. The zero-order valence-electron chi connectivity index (χ0n) is 14.2. The molecule has 0 atom stereocenters. The third kappa shape index (κ3) is 3.30. The van der Waals surface area contributed by atoms with Gasteiger partial charge in [0, 0.05) is 24.7 Å². The molecule has 0 spiro atoms. The molecule has 0 unspecified atom stereocenters. The van der Waals surface area contributed by atoms with Gasteiger partial charge in [0.2, 0.25) is 0 Å². The SMILES string of the molecule is Cn1ccc(NC(=O)c2ccc(COc3cccc4ccccc34)o2)n1. The molecule has 0 radical (unpaired) electrons. The molecule has 4 aromatic rings. The molecule has 4 rings (SSSR count). The summed E-state index contributed by atoms with van der Waals surface area (Å²) in [6, 6.07) is 19.0. The summed E-state index contributed by atoms with van der Waals surface area (Å²) in [5.74, 6) is 1.69. The Morgan fingerprint density at radius 3 is 2.81 bits per heavy atom. The van der Waals surface area contributed by atoms with E-state index in [0.717, 1.165) is 16.5 Å².